The molecule has 0 spiro atoms. The van der Waals surface area contributed by atoms with Crippen molar-refractivity contribution in [1.82, 2.24) is 40.1 Å². The number of aryl methyl sites for hydroxylation is 2. The fourth-order valence-corrected chi connectivity index (χ4v) is 11.5. The summed E-state index contributed by atoms with van der Waals surface area (Å²) in [5.41, 5.74) is 4.59. The number of aromatic nitrogens is 4. The predicted molar refractivity (Wildman–Crippen MR) is 315 cm³/mol. The summed E-state index contributed by atoms with van der Waals surface area (Å²) in [6.45, 7) is 15.3. The molecule has 4 amide bonds. The van der Waals surface area contributed by atoms with E-state index in [1.165, 1.54) is 22.3 Å². The second-order valence-corrected chi connectivity index (χ2v) is 23.5. The molecule has 0 aliphatic carbocycles. The van der Waals surface area contributed by atoms with Gasteiger partial charge < -0.3 is 59.2 Å². The molecule has 0 radical (unpaired) electrons. The van der Waals surface area contributed by atoms with E-state index in [2.05, 4.69) is 25.8 Å². The molecule has 3 atom stereocenters. The minimum absolute atomic E-state index is 0.0126. The van der Waals surface area contributed by atoms with E-state index in [4.69, 9.17) is 35.3 Å². The van der Waals surface area contributed by atoms with Gasteiger partial charge in [-0.25, -0.2) is 19.2 Å². The normalized spacial score (nSPS) is 16.0. The number of halogens is 2. The van der Waals surface area contributed by atoms with Crippen molar-refractivity contribution < 1.29 is 52.5 Å². The molecule has 5 heterocycles. The first-order chi connectivity index (χ1) is 39.6. The molecule has 2 aliphatic rings. The molecule has 20 nitrogen and oxygen atoms in total. The molecule has 0 unspecified atom stereocenters. The van der Waals surface area contributed by atoms with E-state index in [-0.39, 0.29) is 104 Å². The number of amides is 4. The number of phenolic OH excluding ortho intramolecular Hbond substituents is 1. The lowest BCUT2D eigenvalue weighted by atomic mass is 9.91. The second-order valence-electron chi connectivity index (χ2n) is 22.2. The third kappa shape index (κ3) is 14.1. The maximum atomic E-state index is 17.2. The molecule has 2 saturated heterocycles. The number of carbonyl (C=O) groups excluding carboxylic acids is 4. The Morgan fingerprint density at radius 3 is 2.46 bits per heavy atom. The van der Waals surface area contributed by atoms with E-state index < -0.39 is 41.5 Å². The van der Waals surface area contributed by atoms with Crippen LogP contribution in [0.3, 0.4) is 0 Å². The van der Waals surface area contributed by atoms with Crippen LogP contribution in [0.2, 0.25) is 5.02 Å². The highest BCUT2D eigenvalue weighted by Crippen LogP contribution is 2.43. The predicted octanol–water partition coefficient (Wildman–Crippen LogP) is 9.11. The molecule has 3 aromatic heterocycles. The standard InChI is InChI=1S/C60H70ClFN10O10S/c1-34(2)50(48-25-35(3)68-82-48)57(77)72-32-41(74)29-46(72)56(76)64-31-39-14-13-38(54-36(4)65-33-83-54)27-47(39)80-24-23-79-22-21-69(8)49(75)15-16-63-58-66-53-44(55(67-58)70-17-19-71(20-18-70)59(78)81-60(5,6)7)30-45(61)51(52(53)62)43-28-40(73)26-37-11-9-10-12-42(37)43/h9-14,25-28,30,33-34,41,46,50,73-74H,15-24,29,31-32H2,1-8H3,(H,64,76)(H,63,66,67)/t41-,46+,50-/m1/s1. The van der Waals surface area contributed by atoms with Gasteiger partial charge in [-0.2, -0.15) is 4.98 Å². The molecule has 83 heavy (non-hydrogen) atoms. The van der Waals surface area contributed by atoms with E-state index in [1.54, 1.807) is 47.5 Å². The molecule has 9 rings (SSSR count). The summed E-state index contributed by atoms with van der Waals surface area (Å²) in [5, 5.41) is 33.3. The number of ether oxygens (including phenoxy) is 3. The van der Waals surface area contributed by atoms with Gasteiger partial charge in [0.2, 0.25) is 23.7 Å². The van der Waals surface area contributed by atoms with Gasteiger partial charge in [0.25, 0.3) is 0 Å². The van der Waals surface area contributed by atoms with E-state index >= 15 is 4.39 Å². The number of nitrogens with zero attached hydrogens (tertiary/aromatic N) is 8. The number of benzene rings is 4. The van der Waals surface area contributed by atoms with Crippen molar-refractivity contribution >= 4 is 80.2 Å². The number of nitrogens with one attached hydrogen (secondary N) is 2. The molecule has 440 valence electrons. The number of rotatable bonds is 20. The quantitative estimate of drug-likeness (QED) is 0.0521. The Hall–Kier alpha value is -7.66. The molecule has 23 heteroatoms. The van der Waals surface area contributed by atoms with Crippen LogP contribution < -0.4 is 20.3 Å². The zero-order valence-corrected chi connectivity index (χ0v) is 49.4. The maximum Gasteiger partial charge on any atom is 0.410 e. The number of likely N-dealkylation sites (tertiary alicyclic amines) is 1. The number of hydrogen-bond donors (Lipinski definition) is 4. The lowest BCUT2D eigenvalue weighted by Gasteiger charge is -2.36. The van der Waals surface area contributed by atoms with Gasteiger partial charge in [0.15, 0.2) is 5.82 Å². The molecule has 4 aromatic carbocycles. The Morgan fingerprint density at radius 1 is 0.976 bits per heavy atom. The smallest absolute Gasteiger partial charge is 0.410 e. The molecule has 0 saturated carbocycles. The number of carbonyl (C=O) groups is 4. The number of aromatic hydroxyl groups is 1. The number of aliphatic hydroxyl groups excluding tert-OH is 1. The van der Waals surface area contributed by atoms with Crippen LogP contribution in [0.25, 0.3) is 43.2 Å². The van der Waals surface area contributed by atoms with E-state index in [0.717, 1.165) is 16.1 Å². The highest BCUT2D eigenvalue weighted by atomic mass is 35.5. The highest BCUT2D eigenvalue weighted by Gasteiger charge is 2.43. The Bertz CT molecular complexity index is 3510. The second kappa shape index (κ2) is 25.9. The number of β-amino-alcohol motifs (C(OH)–C–C–N with tert-alkyl or cyclic N) is 1. The summed E-state index contributed by atoms with van der Waals surface area (Å²) in [4.78, 5) is 75.7. The number of likely N-dealkylation sites (N-methyl/N-ethyl adjacent to an activating group) is 1. The number of anilines is 2. The minimum atomic E-state index is -0.902. The first-order valence-corrected chi connectivity index (χ1v) is 29.0. The summed E-state index contributed by atoms with van der Waals surface area (Å²) in [7, 11) is 1.67. The van der Waals surface area contributed by atoms with Gasteiger partial charge in [-0.15, -0.1) is 11.3 Å². The van der Waals surface area contributed by atoms with Gasteiger partial charge in [-0.05, 0) is 86.7 Å². The molecule has 2 aliphatic heterocycles. The number of phenols is 1. The number of thiazole rings is 1. The van der Waals surface area contributed by atoms with Crippen LogP contribution in [0.5, 0.6) is 11.5 Å². The van der Waals surface area contributed by atoms with Gasteiger partial charge in [-0.3, -0.25) is 14.4 Å². The van der Waals surface area contributed by atoms with Gasteiger partial charge in [0.05, 0.1) is 46.1 Å². The molecule has 7 aromatic rings. The van der Waals surface area contributed by atoms with Crippen LogP contribution in [-0.2, 0) is 30.4 Å². The summed E-state index contributed by atoms with van der Waals surface area (Å²) < 4.78 is 40.5. The van der Waals surface area contributed by atoms with Crippen molar-refractivity contribution in [3.8, 4) is 33.1 Å². The third-order valence-electron chi connectivity index (χ3n) is 14.6. The van der Waals surface area contributed by atoms with Crippen LogP contribution in [0.15, 0.2) is 76.8 Å². The SMILES string of the molecule is Cc1cc([C@H](C(=O)N2C[C@H](O)C[C@H]2C(=O)NCc2ccc(-c3scnc3C)cc2OCCOCCN(C)C(=O)CCNc2nc(N3CCN(C(=O)OC(C)(C)C)CC3)c3cc(Cl)c(-c4cc(O)cc5ccccc45)c(F)c3n2)C(C)C)on1. The average molecular weight is 1180 g/mol. The van der Waals surface area contributed by atoms with E-state index in [9.17, 15) is 29.4 Å². The monoisotopic (exact) mass is 1180 g/mol. The Labute approximate surface area is 489 Å². The van der Waals surface area contributed by atoms with Crippen LogP contribution in [0.4, 0.5) is 21.0 Å². The van der Waals surface area contributed by atoms with Crippen molar-refractivity contribution in [2.24, 2.45) is 5.92 Å². The van der Waals surface area contributed by atoms with Crippen LogP contribution in [-0.4, -0.2) is 159 Å². The summed E-state index contributed by atoms with van der Waals surface area (Å²) in [6, 6.07) is 18.5. The molecule has 4 N–H and O–H groups in total. The van der Waals surface area contributed by atoms with Gasteiger partial charge >= 0.3 is 6.09 Å². The topological polar surface area (TPSA) is 238 Å². The van der Waals surface area contributed by atoms with Gasteiger partial charge in [-0.1, -0.05) is 67.0 Å². The van der Waals surface area contributed by atoms with Crippen molar-refractivity contribution in [2.45, 2.75) is 91.5 Å². The lowest BCUT2D eigenvalue weighted by Crippen LogP contribution is -2.50. The first kappa shape index (κ1) is 59.9. The van der Waals surface area contributed by atoms with Crippen LogP contribution in [0.1, 0.15) is 76.1 Å². The first-order valence-electron chi connectivity index (χ1n) is 27.7. The molecular formula is C60H70ClFN10O10S. The molecular weight excluding hydrogens is 1110 g/mol. The highest BCUT2D eigenvalue weighted by molar-refractivity contribution is 7.13. The largest absolute Gasteiger partial charge is 0.508 e. The zero-order chi connectivity index (χ0) is 59.3. The van der Waals surface area contributed by atoms with E-state index in [0.29, 0.717) is 76.5 Å². The van der Waals surface area contributed by atoms with Gasteiger partial charge in [0.1, 0.15) is 52.8 Å². The fraction of sp³-hybridized carbons (Fsp3) is 0.433. The average Bonchev–Trinajstić information content (AvgIpc) is 4.22. The summed E-state index contributed by atoms with van der Waals surface area (Å²) >= 11 is 8.44. The van der Waals surface area contributed by atoms with Gasteiger partial charge in [0, 0.05) is 94.8 Å². The third-order valence-corrected chi connectivity index (χ3v) is 15.9. The number of aliphatic hydroxyl groups is 1. The number of piperazine rings is 1. The Balaban J connectivity index is 0.816. The van der Waals surface area contributed by atoms with E-state index in [1.807, 2.05) is 88.9 Å². The Morgan fingerprint density at radius 2 is 1.75 bits per heavy atom. The summed E-state index contributed by atoms with van der Waals surface area (Å²) in [6.07, 6.45) is -1.18. The Kier molecular flexibility index (Phi) is 18.7. The number of hydrogen-bond acceptors (Lipinski definition) is 17. The molecule has 0 bridgehead atoms. The zero-order valence-electron chi connectivity index (χ0n) is 47.8. The van der Waals surface area contributed by atoms with Crippen molar-refractivity contribution in [3.05, 3.63) is 106 Å². The number of fused-ring (bicyclic) bond motifs is 2. The van der Waals surface area contributed by atoms with Crippen molar-refractivity contribution in [1.29, 1.82) is 0 Å². The lowest BCUT2D eigenvalue weighted by molar-refractivity contribution is -0.141. The maximum absolute atomic E-state index is 17.2. The fourth-order valence-electron chi connectivity index (χ4n) is 10.4. The van der Waals surface area contributed by atoms with Crippen LogP contribution >= 0.6 is 22.9 Å². The minimum Gasteiger partial charge on any atom is -0.508 e. The van der Waals surface area contributed by atoms with Crippen molar-refractivity contribution in [3.63, 3.8) is 0 Å². The molecule has 2 fully saturated rings. The van der Waals surface area contributed by atoms with Crippen LogP contribution in [0, 0.1) is 25.6 Å². The summed E-state index contributed by atoms with van der Waals surface area (Å²) in [5.74, 6) is -1.14. The van der Waals surface area contributed by atoms with Crippen molar-refractivity contribution in [2.75, 3.05) is 82.9 Å².